The molecule has 2 heterocycles. The van der Waals surface area contributed by atoms with Crippen LogP contribution in [-0.2, 0) is 6.42 Å². The van der Waals surface area contributed by atoms with Crippen LogP contribution in [0.1, 0.15) is 71.5 Å². The first-order valence-corrected chi connectivity index (χ1v) is 11.1. The quantitative estimate of drug-likeness (QED) is 0.679. The van der Waals surface area contributed by atoms with Crippen LogP contribution in [0.3, 0.4) is 0 Å². The van der Waals surface area contributed by atoms with Crippen LogP contribution in [0.15, 0.2) is 30.5 Å². The zero-order valence-electron chi connectivity index (χ0n) is 18.7. The highest BCUT2D eigenvalue weighted by atomic mass is 16.1. The molecule has 1 fully saturated rings. The molecule has 1 aromatic carbocycles. The van der Waals surface area contributed by atoms with Gasteiger partial charge in [0.05, 0.1) is 6.20 Å². The largest absolute Gasteiger partial charge is 0.349 e. The fourth-order valence-electron chi connectivity index (χ4n) is 4.76. The molecule has 0 spiro atoms. The number of fused-ring (bicyclic) bond motifs is 1. The summed E-state index contributed by atoms with van der Waals surface area (Å²) in [5, 5.41) is 7.79. The molecule has 5 heteroatoms. The standard InChI is InChI=1S/C25H32N4O/c1-15-10-8-12-23(17(15)3)28-25(30)22-14-26-29-19(5)21(18(4)27-24(22)29)13-20-11-7-6-9-16(20)2/h6-7,9,11,14-15,17,23H,8,10,12-13H2,1-5H3,(H,28,30)/t15-,17+,23+/m0/s1. The second kappa shape index (κ2) is 8.21. The number of carbonyl (C=O) groups excluding carboxylic acids is 1. The van der Waals surface area contributed by atoms with Gasteiger partial charge in [0.15, 0.2) is 5.65 Å². The minimum Gasteiger partial charge on any atom is -0.349 e. The van der Waals surface area contributed by atoms with Crippen LogP contribution in [0.4, 0.5) is 0 Å². The van der Waals surface area contributed by atoms with E-state index in [0.717, 1.165) is 24.2 Å². The van der Waals surface area contributed by atoms with Gasteiger partial charge in [0, 0.05) is 23.9 Å². The van der Waals surface area contributed by atoms with E-state index in [9.17, 15) is 4.79 Å². The molecule has 0 aliphatic heterocycles. The van der Waals surface area contributed by atoms with E-state index in [-0.39, 0.29) is 11.9 Å². The summed E-state index contributed by atoms with van der Waals surface area (Å²) in [5.41, 5.74) is 6.93. The van der Waals surface area contributed by atoms with Gasteiger partial charge in [-0.15, -0.1) is 0 Å². The van der Waals surface area contributed by atoms with Crippen molar-refractivity contribution in [2.75, 3.05) is 0 Å². The van der Waals surface area contributed by atoms with Crippen LogP contribution in [-0.4, -0.2) is 26.5 Å². The van der Waals surface area contributed by atoms with Gasteiger partial charge in [-0.2, -0.15) is 5.10 Å². The van der Waals surface area contributed by atoms with Crippen LogP contribution in [0.25, 0.3) is 5.65 Å². The Bertz CT molecular complexity index is 1080. The van der Waals surface area contributed by atoms with E-state index in [0.29, 0.717) is 23.0 Å². The number of nitrogens with zero attached hydrogens (tertiary/aromatic N) is 3. The Morgan fingerprint density at radius 3 is 2.70 bits per heavy atom. The van der Waals surface area contributed by atoms with E-state index in [1.807, 2.05) is 11.4 Å². The van der Waals surface area contributed by atoms with E-state index in [4.69, 9.17) is 4.98 Å². The molecule has 0 radical (unpaired) electrons. The van der Waals surface area contributed by atoms with E-state index in [1.54, 1.807) is 6.20 Å². The molecule has 158 valence electrons. The van der Waals surface area contributed by atoms with Crippen LogP contribution in [0, 0.1) is 32.6 Å². The third-order valence-electron chi connectivity index (χ3n) is 7.11. The van der Waals surface area contributed by atoms with Crippen molar-refractivity contribution in [3.05, 3.63) is 64.1 Å². The molecule has 30 heavy (non-hydrogen) atoms. The summed E-state index contributed by atoms with van der Waals surface area (Å²) < 4.78 is 1.82. The summed E-state index contributed by atoms with van der Waals surface area (Å²) >= 11 is 0. The number of hydrogen-bond acceptors (Lipinski definition) is 3. The van der Waals surface area contributed by atoms with E-state index < -0.39 is 0 Å². The molecule has 1 saturated carbocycles. The number of aryl methyl sites for hydroxylation is 3. The zero-order chi connectivity index (χ0) is 21.4. The van der Waals surface area contributed by atoms with Crippen LogP contribution in [0.5, 0.6) is 0 Å². The highest BCUT2D eigenvalue weighted by Gasteiger charge is 2.29. The maximum atomic E-state index is 13.1. The molecule has 4 rings (SSSR count). The van der Waals surface area contributed by atoms with Gasteiger partial charge in [-0.05, 0) is 55.7 Å². The van der Waals surface area contributed by atoms with Crippen LogP contribution < -0.4 is 5.32 Å². The lowest BCUT2D eigenvalue weighted by atomic mass is 9.78. The predicted octanol–water partition coefficient (Wildman–Crippen LogP) is 4.80. The average molecular weight is 405 g/mol. The first-order chi connectivity index (χ1) is 14.4. The SMILES string of the molecule is Cc1ccccc1Cc1c(C)nc2c(C(=O)N[C@@H]3CCC[C@H](C)[C@H]3C)cnn2c1C. The van der Waals surface area contributed by atoms with Crippen molar-refractivity contribution < 1.29 is 4.79 Å². The molecule has 2 aromatic heterocycles. The zero-order valence-corrected chi connectivity index (χ0v) is 18.7. The Kier molecular flexibility index (Phi) is 5.63. The number of carbonyl (C=O) groups is 1. The monoisotopic (exact) mass is 404 g/mol. The second-order valence-electron chi connectivity index (χ2n) is 9.01. The lowest BCUT2D eigenvalue weighted by Crippen LogP contribution is -2.43. The fourth-order valence-corrected chi connectivity index (χ4v) is 4.76. The topological polar surface area (TPSA) is 59.3 Å². The van der Waals surface area contributed by atoms with Crippen molar-refractivity contribution >= 4 is 11.6 Å². The molecule has 5 nitrogen and oxygen atoms in total. The number of aromatic nitrogens is 3. The summed E-state index contributed by atoms with van der Waals surface area (Å²) in [7, 11) is 0. The van der Waals surface area contributed by atoms with Crippen molar-refractivity contribution in [3.8, 4) is 0 Å². The van der Waals surface area contributed by atoms with Crippen molar-refractivity contribution in [1.29, 1.82) is 0 Å². The average Bonchev–Trinajstić information content (AvgIpc) is 3.14. The number of hydrogen-bond donors (Lipinski definition) is 1. The summed E-state index contributed by atoms with van der Waals surface area (Å²) in [4.78, 5) is 17.9. The highest BCUT2D eigenvalue weighted by Crippen LogP contribution is 2.30. The van der Waals surface area contributed by atoms with E-state index >= 15 is 0 Å². The number of benzene rings is 1. The minimum absolute atomic E-state index is 0.0612. The fraction of sp³-hybridized carbons (Fsp3) is 0.480. The molecule has 1 amide bonds. The predicted molar refractivity (Wildman–Crippen MR) is 120 cm³/mol. The molecular weight excluding hydrogens is 372 g/mol. The van der Waals surface area contributed by atoms with Crippen LogP contribution in [0.2, 0.25) is 0 Å². The van der Waals surface area contributed by atoms with Crippen LogP contribution >= 0.6 is 0 Å². The third kappa shape index (κ3) is 3.73. The molecule has 1 aliphatic rings. The second-order valence-corrected chi connectivity index (χ2v) is 9.01. The smallest absolute Gasteiger partial charge is 0.256 e. The molecule has 1 N–H and O–H groups in total. The maximum absolute atomic E-state index is 13.1. The summed E-state index contributed by atoms with van der Waals surface area (Å²) in [6.07, 6.45) is 5.94. The van der Waals surface area contributed by atoms with Gasteiger partial charge in [-0.1, -0.05) is 51.0 Å². The van der Waals surface area contributed by atoms with Crippen molar-refractivity contribution in [1.82, 2.24) is 19.9 Å². The first-order valence-electron chi connectivity index (χ1n) is 11.1. The lowest BCUT2D eigenvalue weighted by molar-refractivity contribution is 0.0892. The number of nitrogens with one attached hydrogen (secondary N) is 1. The van der Waals surface area contributed by atoms with Gasteiger partial charge in [0.1, 0.15) is 5.56 Å². The Balaban J connectivity index is 1.64. The normalized spacial score (nSPS) is 21.7. The van der Waals surface area contributed by atoms with E-state index in [1.165, 1.54) is 29.5 Å². The number of amides is 1. The van der Waals surface area contributed by atoms with Crippen molar-refractivity contribution in [2.45, 2.75) is 66.3 Å². The summed E-state index contributed by atoms with van der Waals surface area (Å²) in [5.74, 6) is 1.06. The van der Waals surface area contributed by atoms with Gasteiger partial charge in [0.2, 0.25) is 0 Å². The number of rotatable bonds is 4. The van der Waals surface area contributed by atoms with Gasteiger partial charge in [-0.25, -0.2) is 9.50 Å². The molecule has 3 atom stereocenters. The van der Waals surface area contributed by atoms with Gasteiger partial charge < -0.3 is 5.32 Å². The Morgan fingerprint density at radius 2 is 1.93 bits per heavy atom. The Labute approximate surface area is 178 Å². The molecule has 0 bridgehead atoms. The van der Waals surface area contributed by atoms with Gasteiger partial charge >= 0.3 is 0 Å². The minimum atomic E-state index is -0.0612. The van der Waals surface area contributed by atoms with Crippen molar-refractivity contribution in [3.63, 3.8) is 0 Å². The molecular formula is C25H32N4O. The molecule has 3 aromatic rings. The summed E-state index contributed by atoms with van der Waals surface area (Å²) in [6, 6.07) is 8.65. The molecule has 0 unspecified atom stereocenters. The summed E-state index contributed by atoms with van der Waals surface area (Å²) in [6.45, 7) is 10.8. The first kappa shape index (κ1) is 20.6. The van der Waals surface area contributed by atoms with Gasteiger partial charge in [0.25, 0.3) is 5.91 Å². The molecule has 0 saturated heterocycles. The van der Waals surface area contributed by atoms with E-state index in [2.05, 4.69) is 62.4 Å². The Morgan fingerprint density at radius 1 is 1.17 bits per heavy atom. The third-order valence-corrected chi connectivity index (χ3v) is 7.11. The lowest BCUT2D eigenvalue weighted by Gasteiger charge is -2.34. The Hall–Kier alpha value is -2.69. The van der Waals surface area contributed by atoms with Gasteiger partial charge in [-0.3, -0.25) is 4.79 Å². The molecule has 1 aliphatic carbocycles. The maximum Gasteiger partial charge on any atom is 0.256 e. The van der Waals surface area contributed by atoms with Crippen molar-refractivity contribution in [2.24, 2.45) is 11.8 Å². The highest BCUT2D eigenvalue weighted by molar-refractivity contribution is 5.99.